The van der Waals surface area contributed by atoms with Crippen LogP contribution in [0.2, 0.25) is 5.02 Å². The summed E-state index contributed by atoms with van der Waals surface area (Å²) < 4.78 is 6.15. The molecule has 2 saturated heterocycles. The smallest absolute Gasteiger partial charge is 0.223 e. The van der Waals surface area contributed by atoms with Gasteiger partial charge in [-0.2, -0.15) is 0 Å². The van der Waals surface area contributed by atoms with Crippen LogP contribution >= 0.6 is 11.6 Å². The molecule has 2 aliphatic rings. The van der Waals surface area contributed by atoms with Crippen molar-refractivity contribution in [1.29, 1.82) is 0 Å². The highest BCUT2D eigenvalue weighted by molar-refractivity contribution is 6.30. The molecule has 1 aromatic rings. The van der Waals surface area contributed by atoms with Gasteiger partial charge in [0.1, 0.15) is 5.75 Å². The average Bonchev–Trinajstić information content (AvgIpc) is 2.79. The van der Waals surface area contributed by atoms with Gasteiger partial charge in [0.25, 0.3) is 0 Å². The molecule has 1 unspecified atom stereocenters. The lowest BCUT2D eigenvalue weighted by Gasteiger charge is -2.43. The Morgan fingerprint density at radius 3 is 2.39 bits per heavy atom. The van der Waals surface area contributed by atoms with E-state index in [0.717, 1.165) is 70.3 Å². The largest absolute Gasteiger partial charge is 0.493 e. The minimum Gasteiger partial charge on any atom is -0.493 e. The number of nitrogens with zero attached hydrogens (tertiary/aromatic N) is 2. The molecule has 2 fully saturated rings. The van der Waals surface area contributed by atoms with E-state index < -0.39 is 0 Å². The second kappa shape index (κ2) is 11.8. The van der Waals surface area contributed by atoms with Crippen molar-refractivity contribution < 1.29 is 14.3 Å². The highest BCUT2D eigenvalue weighted by Gasteiger charge is 2.40. The highest BCUT2D eigenvalue weighted by atomic mass is 35.5. The summed E-state index contributed by atoms with van der Waals surface area (Å²) in [5.41, 5.74) is -0.340. The summed E-state index contributed by atoms with van der Waals surface area (Å²) in [5, 5.41) is 0.670. The third kappa shape index (κ3) is 7.13. The number of halogens is 1. The summed E-state index contributed by atoms with van der Waals surface area (Å²) in [5.74, 6) is 1.18. The van der Waals surface area contributed by atoms with E-state index in [1.165, 1.54) is 6.42 Å². The number of rotatable bonds is 9. The van der Waals surface area contributed by atoms with Gasteiger partial charge >= 0.3 is 0 Å². The topological polar surface area (TPSA) is 49.9 Å². The molecule has 172 valence electrons. The standard InChI is InChI=1S/C25H37ClN2O3/c1-2-3-5-9-23(29)28-17-8-14-25(19-28,18-24(30)27-15-6-4-7-16-27)20-31-22-12-10-21(26)11-13-22/h10-13H,2-9,14-20H2,1H3. The Bertz CT molecular complexity index is 718. The predicted molar refractivity (Wildman–Crippen MR) is 124 cm³/mol. The van der Waals surface area contributed by atoms with Gasteiger partial charge in [-0.05, 0) is 62.8 Å². The van der Waals surface area contributed by atoms with Crippen molar-refractivity contribution in [1.82, 2.24) is 9.80 Å². The molecule has 6 heteroatoms. The second-order valence-electron chi connectivity index (χ2n) is 9.24. The Morgan fingerprint density at radius 1 is 0.968 bits per heavy atom. The molecule has 31 heavy (non-hydrogen) atoms. The van der Waals surface area contributed by atoms with Crippen LogP contribution in [0.5, 0.6) is 5.75 Å². The molecule has 0 N–H and O–H groups in total. The van der Waals surface area contributed by atoms with Gasteiger partial charge in [0, 0.05) is 49.5 Å². The van der Waals surface area contributed by atoms with Gasteiger partial charge in [0.05, 0.1) is 6.61 Å². The average molecular weight is 449 g/mol. The quantitative estimate of drug-likeness (QED) is 0.481. The van der Waals surface area contributed by atoms with Crippen LogP contribution in [-0.4, -0.2) is 54.4 Å². The van der Waals surface area contributed by atoms with Crippen LogP contribution in [0.4, 0.5) is 0 Å². The maximum Gasteiger partial charge on any atom is 0.223 e. The van der Waals surface area contributed by atoms with Gasteiger partial charge < -0.3 is 14.5 Å². The lowest BCUT2D eigenvalue weighted by molar-refractivity contribution is -0.142. The van der Waals surface area contributed by atoms with E-state index in [9.17, 15) is 9.59 Å². The second-order valence-corrected chi connectivity index (χ2v) is 9.67. The third-order valence-electron chi connectivity index (χ3n) is 6.60. The Balaban J connectivity index is 1.69. The number of benzene rings is 1. The van der Waals surface area contributed by atoms with Crippen LogP contribution in [0.15, 0.2) is 24.3 Å². The van der Waals surface area contributed by atoms with Gasteiger partial charge in [-0.3, -0.25) is 9.59 Å². The molecular weight excluding hydrogens is 412 g/mol. The van der Waals surface area contributed by atoms with E-state index in [1.807, 2.05) is 34.1 Å². The molecule has 0 bridgehead atoms. The minimum absolute atomic E-state index is 0.208. The Hall–Kier alpha value is -1.75. The number of amides is 2. The van der Waals surface area contributed by atoms with Crippen molar-refractivity contribution in [3.05, 3.63) is 29.3 Å². The first-order valence-electron chi connectivity index (χ1n) is 12.0. The van der Waals surface area contributed by atoms with Gasteiger partial charge in [-0.15, -0.1) is 0 Å². The molecule has 1 atom stereocenters. The van der Waals surface area contributed by atoms with Crippen molar-refractivity contribution in [2.45, 2.75) is 71.1 Å². The molecule has 0 spiro atoms. The van der Waals surface area contributed by atoms with Crippen molar-refractivity contribution in [2.24, 2.45) is 5.41 Å². The highest BCUT2D eigenvalue weighted by Crippen LogP contribution is 2.36. The zero-order valence-corrected chi connectivity index (χ0v) is 19.7. The SMILES string of the molecule is CCCCCC(=O)N1CCCC(COc2ccc(Cl)cc2)(CC(=O)N2CCCCC2)C1. The Kier molecular flexibility index (Phi) is 9.06. The van der Waals surface area contributed by atoms with E-state index >= 15 is 0 Å². The molecule has 2 amide bonds. The van der Waals surface area contributed by atoms with E-state index in [1.54, 1.807) is 0 Å². The lowest BCUT2D eigenvalue weighted by Crippen LogP contribution is -2.51. The number of ether oxygens (including phenoxy) is 1. The van der Waals surface area contributed by atoms with E-state index in [0.29, 0.717) is 31.0 Å². The van der Waals surface area contributed by atoms with Gasteiger partial charge in [0.2, 0.25) is 11.8 Å². The van der Waals surface area contributed by atoms with Crippen molar-refractivity contribution in [3.8, 4) is 5.75 Å². The fourth-order valence-corrected chi connectivity index (χ4v) is 4.89. The Labute approximate surface area is 192 Å². The lowest BCUT2D eigenvalue weighted by atomic mass is 9.77. The third-order valence-corrected chi connectivity index (χ3v) is 6.85. The number of hydrogen-bond donors (Lipinski definition) is 0. The summed E-state index contributed by atoms with van der Waals surface area (Å²) in [6.07, 6.45) is 9.36. The maximum absolute atomic E-state index is 13.2. The van der Waals surface area contributed by atoms with Crippen LogP contribution < -0.4 is 4.74 Å². The van der Waals surface area contributed by atoms with Crippen molar-refractivity contribution in [2.75, 3.05) is 32.8 Å². The molecule has 2 heterocycles. The Morgan fingerprint density at radius 2 is 1.68 bits per heavy atom. The fourth-order valence-electron chi connectivity index (χ4n) is 4.76. The number of piperidine rings is 2. The van der Waals surface area contributed by atoms with Crippen molar-refractivity contribution >= 4 is 23.4 Å². The number of hydrogen-bond acceptors (Lipinski definition) is 3. The fraction of sp³-hybridized carbons (Fsp3) is 0.680. The zero-order valence-electron chi connectivity index (χ0n) is 18.9. The number of unbranched alkanes of at least 4 members (excludes halogenated alkanes) is 2. The van der Waals surface area contributed by atoms with Gasteiger partial charge in [-0.1, -0.05) is 31.4 Å². The molecule has 0 aliphatic carbocycles. The predicted octanol–water partition coefficient (Wildman–Crippen LogP) is 5.31. The van der Waals surface area contributed by atoms with Crippen LogP contribution in [0.25, 0.3) is 0 Å². The number of likely N-dealkylation sites (tertiary alicyclic amines) is 2. The van der Waals surface area contributed by atoms with Crippen LogP contribution in [-0.2, 0) is 9.59 Å². The summed E-state index contributed by atoms with van der Waals surface area (Å²) >= 11 is 6.00. The van der Waals surface area contributed by atoms with Crippen LogP contribution in [0.1, 0.15) is 71.1 Å². The maximum atomic E-state index is 13.2. The van der Waals surface area contributed by atoms with Crippen LogP contribution in [0.3, 0.4) is 0 Å². The first-order chi connectivity index (χ1) is 15.0. The van der Waals surface area contributed by atoms with Crippen molar-refractivity contribution in [3.63, 3.8) is 0 Å². The molecular formula is C25H37ClN2O3. The van der Waals surface area contributed by atoms with Gasteiger partial charge in [0.15, 0.2) is 0 Å². The normalized spacial score (nSPS) is 21.7. The minimum atomic E-state index is -0.340. The summed E-state index contributed by atoms with van der Waals surface area (Å²) in [6, 6.07) is 7.34. The number of carbonyl (C=O) groups is 2. The summed E-state index contributed by atoms with van der Waals surface area (Å²) in [6.45, 7) is 5.68. The monoisotopic (exact) mass is 448 g/mol. The molecule has 2 aliphatic heterocycles. The van der Waals surface area contributed by atoms with Crippen LogP contribution in [0, 0.1) is 5.41 Å². The van der Waals surface area contributed by atoms with E-state index in [4.69, 9.17) is 16.3 Å². The van der Waals surface area contributed by atoms with E-state index in [-0.39, 0.29) is 17.2 Å². The first-order valence-corrected chi connectivity index (χ1v) is 12.3. The molecule has 0 saturated carbocycles. The summed E-state index contributed by atoms with van der Waals surface area (Å²) in [7, 11) is 0. The molecule has 3 rings (SSSR count). The zero-order chi connectivity index (χ0) is 22.1. The van der Waals surface area contributed by atoms with E-state index in [2.05, 4.69) is 6.92 Å². The first kappa shape index (κ1) is 23.9. The van der Waals surface area contributed by atoms with Gasteiger partial charge in [-0.25, -0.2) is 0 Å². The molecule has 5 nitrogen and oxygen atoms in total. The molecule has 0 radical (unpaired) electrons. The molecule has 0 aromatic heterocycles. The molecule has 1 aromatic carbocycles. The number of carbonyl (C=O) groups excluding carboxylic acids is 2. The summed E-state index contributed by atoms with van der Waals surface area (Å²) in [4.78, 5) is 30.0.